The molecule has 1 amide bonds. The highest BCUT2D eigenvalue weighted by molar-refractivity contribution is 5.92. The molecule has 2 aliphatic heterocycles. The number of rotatable bonds is 4. The second-order valence-corrected chi connectivity index (χ2v) is 7.24. The molecule has 1 atom stereocenters. The van der Waals surface area contributed by atoms with Crippen molar-refractivity contribution in [3.05, 3.63) is 66.5 Å². The van der Waals surface area contributed by atoms with Crippen LogP contribution in [0.1, 0.15) is 22.7 Å². The molecular formula is C21H22N4O3. The van der Waals surface area contributed by atoms with Crippen molar-refractivity contribution in [3.8, 4) is 5.82 Å². The summed E-state index contributed by atoms with van der Waals surface area (Å²) in [5, 5.41) is 0. The fourth-order valence-electron chi connectivity index (χ4n) is 4.57. The number of anilines is 1. The summed E-state index contributed by atoms with van der Waals surface area (Å²) in [6, 6.07) is 11.7. The van der Waals surface area contributed by atoms with Gasteiger partial charge in [-0.15, -0.1) is 0 Å². The number of pyridine rings is 1. The Morgan fingerprint density at radius 3 is 3.04 bits per heavy atom. The minimum absolute atomic E-state index is 0.0661. The number of likely N-dealkylation sites (tertiary alicyclic amines) is 1. The molecule has 0 aromatic carbocycles. The van der Waals surface area contributed by atoms with Gasteiger partial charge in [0, 0.05) is 32.6 Å². The molecule has 2 aliphatic rings. The third-order valence-corrected chi connectivity index (χ3v) is 5.81. The Balaban J connectivity index is 1.58. The van der Waals surface area contributed by atoms with Crippen LogP contribution in [0.2, 0.25) is 0 Å². The molecule has 0 N–H and O–H groups in total. The summed E-state index contributed by atoms with van der Waals surface area (Å²) in [4.78, 5) is 21.8. The first kappa shape index (κ1) is 17.1. The molecule has 1 spiro atoms. The predicted octanol–water partition coefficient (Wildman–Crippen LogP) is 2.67. The van der Waals surface area contributed by atoms with E-state index in [9.17, 15) is 4.79 Å². The van der Waals surface area contributed by atoms with Crippen LogP contribution in [0.4, 0.5) is 5.69 Å². The number of hydrogen-bond acceptors (Lipinski definition) is 5. The summed E-state index contributed by atoms with van der Waals surface area (Å²) in [6.45, 7) is 2.59. The van der Waals surface area contributed by atoms with Gasteiger partial charge in [0.25, 0.3) is 5.91 Å². The van der Waals surface area contributed by atoms with Crippen LogP contribution in [0.5, 0.6) is 0 Å². The minimum atomic E-state index is -0.319. The molecule has 7 heteroatoms. The van der Waals surface area contributed by atoms with Crippen LogP contribution in [0.3, 0.4) is 0 Å². The molecule has 1 saturated heterocycles. The minimum Gasteiger partial charge on any atom is -0.459 e. The third-order valence-electron chi connectivity index (χ3n) is 5.81. The molecule has 5 heterocycles. The lowest BCUT2D eigenvalue weighted by Gasteiger charge is -2.47. The van der Waals surface area contributed by atoms with E-state index >= 15 is 0 Å². The fraction of sp³-hybridized carbons (Fsp3) is 0.333. The van der Waals surface area contributed by atoms with Gasteiger partial charge in [-0.2, -0.15) is 0 Å². The number of carbonyl (C=O) groups excluding carboxylic acids is 1. The van der Waals surface area contributed by atoms with E-state index in [4.69, 9.17) is 9.15 Å². The standard InChI is InChI=1S/C21H22N4O3/c1-27-14-12-25-16-5-2-9-22-19(16)24-10-3-7-18(24)21(25)8-11-23(15-21)20(26)17-6-4-13-28-17/h2-7,9-10,13H,8,11-12,14-15H2,1H3/t21-/m0/s1. The van der Waals surface area contributed by atoms with E-state index in [-0.39, 0.29) is 11.4 Å². The smallest absolute Gasteiger partial charge is 0.289 e. The van der Waals surface area contributed by atoms with Gasteiger partial charge >= 0.3 is 0 Å². The number of aromatic nitrogens is 2. The van der Waals surface area contributed by atoms with Crippen molar-refractivity contribution in [2.24, 2.45) is 0 Å². The number of amides is 1. The van der Waals surface area contributed by atoms with Gasteiger partial charge in [0.1, 0.15) is 5.54 Å². The number of hydrogen-bond donors (Lipinski definition) is 0. The van der Waals surface area contributed by atoms with Gasteiger partial charge in [-0.3, -0.25) is 4.79 Å². The second kappa shape index (κ2) is 6.53. The van der Waals surface area contributed by atoms with Crippen molar-refractivity contribution >= 4 is 11.6 Å². The Morgan fingerprint density at radius 2 is 2.21 bits per heavy atom. The first-order valence-corrected chi connectivity index (χ1v) is 9.47. The van der Waals surface area contributed by atoms with Crippen molar-refractivity contribution < 1.29 is 13.9 Å². The van der Waals surface area contributed by atoms with E-state index in [0.717, 1.165) is 30.2 Å². The Kier molecular flexibility index (Phi) is 3.98. The Labute approximate surface area is 163 Å². The summed E-state index contributed by atoms with van der Waals surface area (Å²) in [5.74, 6) is 1.23. The maximum atomic E-state index is 12.9. The topological polar surface area (TPSA) is 63.7 Å². The summed E-state index contributed by atoms with van der Waals surface area (Å²) < 4.78 is 12.9. The van der Waals surface area contributed by atoms with E-state index in [1.54, 1.807) is 19.2 Å². The van der Waals surface area contributed by atoms with Crippen molar-refractivity contribution in [3.63, 3.8) is 0 Å². The highest BCUT2D eigenvalue weighted by Crippen LogP contribution is 2.46. The summed E-state index contributed by atoms with van der Waals surface area (Å²) in [5.41, 5.74) is 1.90. The first-order chi connectivity index (χ1) is 13.7. The Bertz CT molecular complexity index is 997. The largest absolute Gasteiger partial charge is 0.459 e. The van der Waals surface area contributed by atoms with Gasteiger partial charge in [0.05, 0.1) is 30.8 Å². The summed E-state index contributed by atoms with van der Waals surface area (Å²) >= 11 is 0. The first-order valence-electron chi connectivity index (χ1n) is 9.47. The normalized spacial score (nSPS) is 20.5. The zero-order valence-corrected chi connectivity index (χ0v) is 15.7. The number of furan rings is 1. The summed E-state index contributed by atoms with van der Waals surface area (Å²) in [6.07, 6.45) is 6.24. The van der Waals surface area contributed by atoms with Crippen LogP contribution in [0.25, 0.3) is 5.82 Å². The molecular weight excluding hydrogens is 356 g/mol. The van der Waals surface area contributed by atoms with Gasteiger partial charge < -0.3 is 23.5 Å². The maximum absolute atomic E-state index is 12.9. The van der Waals surface area contributed by atoms with Crippen molar-refractivity contribution in [1.82, 2.24) is 14.5 Å². The van der Waals surface area contributed by atoms with Crippen LogP contribution in [0.15, 0.2) is 59.5 Å². The molecule has 0 aliphatic carbocycles. The van der Waals surface area contributed by atoms with Crippen molar-refractivity contribution in [1.29, 1.82) is 0 Å². The molecule has 3 aromatic rings. The average Bonchev–Trinajstić information content (AvgIpc) is 3.48. The lowest BCUT2D eigenvalue weighted by molar-refractivity contribution is 0.0749. The monoisotopic (exact) mass is 378 g/mol. The van der Waals surface area contributed by atoms with E-state index < -0.39 is 0 Å². The van der Waals surface area contributed by atoms with Gasteiger partial charge in [-0.1, -0.05) is 0 Å². The van der Waals surface area contributed by atoms with Crippen LogP contribution in [-0.4, -0.2) is 53.7 Å². The molecule has 0 radical (unpaired) electrons. The van der Waals surface area contributed by atoms with E-state index in [1.165, 1.54) is 6.26 Å². The lowest BCUT2D eigenvalue weighted by atomic mass is 9.89. The molecule has 0 saturated carbocycles. The molecule has 3 aromatic heterocycles. The van der Waals surface area contributed by atoms with Crippen LogP contribution in [-0.2, 0) is 10.3 Å². The highest BCUT2D eigenvalue weighted by Gasteiger charge is 2.50. The fourth-order valence-corrected chi connectivity index (χ4v) is 4.57. The van der Waals surface area contributed by atoms with E-state index in [2.05, 4.69) is 26.6 Å². The van der Waals surface area contributed by atoms with E-state index in [1.807, 2.05) is 29.4 Å². The van der Waals surface area contributed by atoms with Crippen LogP contribution in [0, 0.1) is 0 Å². The van der Waals surface area contributed by atoms with Crippen molar-refractivity contribution in [2.75, 3.05) is 38.3 Å². The third kappa shape index (κ3) is 2.39. The molecule has 144 valence electrons. The molecule has 28 heavy (non-hydrogen) atoms. The number of ether oxygens (including phenoxy) is 1. The van der Waals surface area contributed by atoms with Crippen LogP contribution < -0.4 is 4.90 Å². The molecule has 5 rings (SSSR count). The Morgan fingerprint density at radius 1 is 1.29 bits per heavy atom. The predicted molar refractivity (Wildman–Crippen MR) is 104 cm³/mol. The number of nitrogens with zero attached hydrogens (tertiary/aromatic N) is 4. The maximum Gasteiger partial charge on any atom is 0.289 e. The number of methoxy groups -OCH3 is 1. The van der Waals surface area contributed by atoms with E-state index in [0.29, 0.717) is 25.5 Å². The Hall–Kier alpha value is -3.06. The molecule has 1 fully saturated rings. The summed E-state index contributed by atoms with van der Waals surface area (Å²) in [7, 11) is 1.71. The highest BCUT2D eigenvalue weighted by atomic mass is 16.5. The van der Waals surface area contributed by atoms with Crippen LogP contribution >= 0.6 is 0 Å². The zero-order valence-electron chi connectivity index (χ0n) is 15.7. The number of carbonyl (C=O) groups is 1. The lowest BCUT2D eigenvalue weighted by Crippen LogP contribution is -2.53. The molecule has 0 unspecified atom stereocenters. The quantitative estimate of drug-likeness (QED) is 0.698. The van der Waals surface area contributed by atoms with Gasteiger partial charge in [0.15, 0.2) is 11.6 Å². The number of fused-ring (bicyclic) bond motifs is 4. The molecule has 7 nitrogen and oxygen atoms in total. The average molecular weight is 378 g/mol. The zero-order chi connectivity index (χ0) is 19.1. The molecule has 0 bridgehead atoms. The van der Waals surface area contributed by atoms with Gasteiger partial charge in [-0.25, -0.2) is 4.98 Å². The SMILES string of the molecule is COCCN1c2cccnc2-n2cccc2[C@@]12CCN(C(=O)c1ccco1)C2. The van der Waals surface area contributed by atoms with Gasteiger partial charge in [-0.05, 0) is 42.8 Å². The van der Waals surface area contributed by atoms with Gasteiger partial charge in [0.2, 0.25) is 0 Å². The van der Waals surface area contributed by atoms with Crippen molar-refractivity contribution in [2.45, 2.75) is 12.0 Å². The second-order valence-electron chi connectivity index (χ2n) is 7.24.